The molecule has 0 unspecified atom stereocenters. The van der Waals surface area contributed by atoms with Crippen LogP contribution in [0.1, 0.15) is 11.1 Å². The fourth-order valence-electron chi connectivity index (χ4n) is 4.21. The van der Waals surface area contributed by atoms with Gasteiger partial charge in [0.15, 0.2) is 0 Å². The molecule has 5 rings (SSSR count). The smallest absolute Gasteiger partial charge is 0.0471 e. The maximum absolute atomic E-state index is 3.68. The lowest BCUT2D eigenvalue weighted by Gasteiger charge is -2.22. The second-order valence-electron chi connectivity index (χ2n) is 8.62. The fraction of sp³-hybridized carbons (Fsp3) is 0.0625. The van der Waals surface area contributed by atoms with Crippen LogP contribution in [0.25, 0.3) is 22.3 Å². The third-order valence-corrected chi connectivity index (χ3v) is 5.99. The summed E-state index contributed by atoms with van der Waals surface area (Å²) in [6, 6.07) is 42.6. The minimum Gasteiger partial charge on any atom is -0.355 e. The van der Waals surface area contributed by atoms with Gasteiger partial charge in [0.05, 0.1) is 0 Å². The summed E-state index contributed by atoms with van der Waals surface area (Å²) < 4.78 is 0. The molecule has 0 heterocycles. The Hall–Kier alpha value is -4.30. The minimum absolute atomic E-state index is 1.07. The number of aryl methyl sites for hydroxylation is 2. The first kappa shape index (κ1) is 21.5. The molecule has 5 aromatic carbocycles. The van der Waals surface area contributed by atoms with Gasteiger partial charge in [0.2, 0.25) is 0 Å². The molecule has 0 radical (unpaired) electrons. The minimum atomic E-state index is 1.07. The van der Waals surface area contributed by atoms with Gasteiger partial charge in [-0.1, -0.05) is 96.1 Å². The summed E-state index contributed by atoms with van der Waals surface area (Å²) in [7, 11) is 0. The Morgan fingerprint density at radius 1 is 0.382 bits per heavy atom. The van der Waals surface area contributed by atoms with Crippen LogP contribution < -0.4 is 10.6 Å². The summed E-state index contributed by atoms with van der Waals surface area (Å²) in [6.07, 6.45) is 0. The lowest BCUT2D eigenvalue weighted by atomic mass is 9.91. The van der Waals surface area contributed by atoms with E-state index in [4.69, 9.17) is 0 Å². The Balaban J connectivity index is 1.71. The molecule has 2 heteroatoms. The van der Waals surface area contributed by atoms with Crippen LogP contribution >= 0.6 is 0 Å². The van der Waals surface area contributed by atoms with E-state index in [1.54, 1.807) is 0 Å². The summed E-state index contributed by atoms with van der Waals surface area (Å²) in [5, 5.41) is 7.36. The average Bonchev–Trinajstić information content (AvgIpc) is 2.88. The third kappa shape index (κ3) is 4.72. The Morgan fingerprint density at radius 3 is 1.09 bits per heavy atom. The summed E-state index contributed by atoms with van der Waals surface area (Å²) in [5.41, 5.74) is 11.5. The highest BCUT2D eigenvalue weighted by atomic mass is 14.9. The Kier molecular flexibility index (Phi) is 6.13. The van der Waals surface area contributed by atoms with Crippen molar-refractivity contribution in [1.82, 2.24) is 0 Å². The van der Waals surface area contributed by atoms with E-state index in [1.165, 1.54) is 33.4 Å². The van der Waals surface area contributed by atoms with Crippen LogP contribution in [0, 0.1) is 13.8 Å². The van der Waals surface area contributed by atoms with E-state index >= 15 is 0 Å². The molecule has 0 aliphatic heterocycles. The Labute approximate surface area is 201 Å². The van der Waals surface area contributed by atoms with Crippen LogP contribution in [0.2, 0.25) is 0 Å². The zero-order valence-corrected chi connectivity index (χ0v) is 19.5. The first-order valence-corrected chi connectivity index (χ1v) is 11.6. The van der Waals surface area contributed by atoms with Crippen LogP contribution in [-0.2, 0) is 0 Å². The first-order valence-electron chi connectivity index (χ1n) is 11.6. The van der Waals surface area contributed by atoms with Crippen LogP contribution in [0.4, 0.5) is 22.7 Å². The molecule has 0 aliphatic rings. The van der Waals surface area contributed by atoms with Crippen molar-refractivity contribution < 1.29 is 0 Å². The molecule has 0 saturated carbocycles. The van der Waals surface area contributed by atoms with Crippen molar-refractivity contribution in [2.75, 3.05) is 10.6 Å². The summed E-state index contributed by atoms with van der Waals surface area (Å²) >= 11 is 0. The van der Waals surface area contributed by atoms with Crippen LogP contribution in [-0.4, -0.2) is 0 Å². The SMILES string of the molecule is Cc1ccc(Nc2ccc(Nc3ccc(C)cc3)c(-c3ccccc3)c2-c2ccccc2)cc1. The Morgan fingerprint density at radius 2 is 0.735 bits per heavy atom. The predicted octanol–water partition coefficient (Wildman–Crippen LogP) is 9.12. The molecule has 0 bridgehead atoms. The monoisotopic (exact) mass is 440 g/mol. The molecular weight excluding hydrogens is 412 g/mol. The number of hydrogen-bond donors (Lipinski definition) is 2. The quantitative estimate of drug-likeness (QED) is 0.275. The van der Waals surface area contributed by atoms with Crippen LogP contribution in [0.15, 0.2) is 121 Å². The van der Waals surface area contributed by atoms with Crippen molar-refractivity contribution in [2.24, 2.45) is 0 Å². The van der Waals surface area contributed by atoms with E-state index in [0.29, 0.717) is 0 Å². The fourth-order valence-corrected chi connectivity index (χ4v) is 4.21. The molecular formula is C32H28N2. The molecule has 34 heavy (non-hydrogen) atoms. The van der Waals surface area contributed by atoms with Gasteiger partial charge in [-0.15, -0.1) is 0 Å². The number of nitrogens with one attached hydrogen (secondary N) is 2. The maximum Gasteiger partial charge on any atom is 0.0471 e. The van der Waals surface area contributed by atoms with Gasteiger partial charge in [0.1, 0.15) is 0 Å². The predicted molar refractivity (Wildman–Crippen MR) is 146 cm³/mol. The molecule has 166 valence electrons. The van der Waals surface area contributed by atoms with Crippen molar-refractivity contribution in [3.05, 3.63) is 132 Å². The lowest BCUT2D eigenvalue weighted by Crippen LogP contribution is -2.00. The second kappa shape index (κ2) is 9.68. The van der Waals surface area contributed by atoms with Crippen molar-refractivity contribution in [1.29, 1.82) is 0 Å². The number of rotatable bonds is 6. The van der Waals surface area contributed by atoms with Crippen LogP contribution in [0.3, 0.4) is 0 Å². The highest BCUT2D eigenvalue weighted by Gasteiger charge is 2.17. The average molecular weight is 441 g/mol. The van der Waals surface area contributed by atoms with Gasteiger partial charge >= 0.3 is 0 Å². The normalized spacial score (nSPS) is 10.6. The standard InChI is InChI=1S/C32H28N2/c1-23-13-17-27(18-14-23)33-29-21-22-30(34-28-19-15-24(2)16-20-28)32(26-11-7-4-8-12-26)31(29)25-9-5-3-6-10-25/h3-22,33-34H,1-2H3. The molecule has 2 N–H and O–H groups in total. The van der Waals surface area contributed by atoms with Gasteiger partial charge in [-0.3, -0.25) is 0 Å². The zero-order valence-electron chi connectivity index (χ0n) is 19.5. The molecule has 0 aromatic heterocycles. The molecule has 0 spiro atoms. The maximum atomic E-state index is 3.68. The van der Waals surface area contributed by atoms with Crippen molar-refractivity contribution in [2.45, 2.75) is 13.8 Å². The number of hydrogen-bond acceptors (Lipinski definition) is 2. The molecule has 0 fully saturated rings. The lowest BCUT2D eigenvalue weighted by molar-refractivity contribution is 1.44. The summed E-state index contributed by atoms with van der Waals surface area (Å²) in [4.78, 5) is 0. The molecule has 0 amide bonds. The van der Waals surface area contributed by atoms with Crippen molar-refractivity contribution in [3.63, 3.8) is 0 Å². The molecule has 0 atom stereocenters. The van der Waals surface area contributed by atoms with Crippen molar-refractivity contribution in [3.8, 4) is 22.3 Å². The first-order chi connectivity index (χ1) is 16.7. The highest BCUT2D eigenvalue weighted by molar-refractivity contribution is 6.00. The number of anilines is 4. The molecule has 5 aromatic rings. The van der Waals surface area contributed by atoms with E-state index in [-0.39, 0.29) is 0 Å². The van der Waals surface area contributed by atoms with E-state index in [9.17, 15) is 0 Å². The van der Waals surface area contributed by atoms with E-state index in [1.807, 2.05) is 0 Å². The zero-order chi connectivity index (χ0) is 23.3. The third-order valence-electron chi connectivity index (χ3n) is 5.99. The van der Waals surface area contributed by atoms with E-state index in [2.05, 4.69) is 146 Å². The summed E-state index contributed by atoms with van der Waals surface area (Å²) in [5.74, 6) is 0. The molecule has 0 saturated heterocycles. The van der Waals surface area contributed by atoms with Gasteiger partial charge in [-0.25, -0.2) is 0 Å². The topological polar surface area (TPSA) is 24.1 Å². The largest absolute Gasteiger partial charge is 0.355 e. The van der Waals surface area contributed by atoms with Crippen molar-refractivity contribution >= 4 is 22.7 Å². The molecule has 0 aliphatic carbocycles. The van der Waals surface area contributed by atoms with E-state index in [0.717, 1.165) is 22.7 Å². The highest BCUT2D eigenvalue weighted by Crippen LogP contribution is 2.44. The number of benzene rings is 5. The summed E-state index contributed by atoms with van der Waals surface area (Å²) in [6.45, 7) is 4.22. The van der Waals surface area contributed by atoms with Gasteiger partial charge in [-0.05, 0) is 61.4 Å². The van der Waals surface area contributed by atoms with Crippen LogP contribution in [0.5, 0.6) is 0 Å². The Bertz CT molecular complexity index is 1260. The molecule has 2 nitrogen and oxygen atoms in total. The van der Waals surface area contributed by atoms with Gasteiger partial charge in [-0.2, -0.15) is 0 Å². The van der Waals surface area contributed by atoms with E-state index < -0.39 is 0 Å². The van der Waals surface area contributed by atoms with Gasteiger partial charge in [0, 0.05) is 33.9 Å². The second-order valence-corrected chi connectivity index (χ2v) is 8.62. The van der Waals surface area contributed by atoms with Gasteiger partial charge in [0.25, 0.3) is 0 Å². The van der Waals surface area contributed by atoms with Gasteiger partial charge < -0.3 is 10.6 Å².